The Morgan fingerprint density at radius 1 is 0.929 bits per heavy atom. The van der Waals surface area contributed by atoms with Gasteiger partial charge in [-0.2, -0.15) is 0 Å². The monoisotopic (exact) mass is 613 g/mol. The summed E-state index contributed by atoms with van der Waals surface area (Å²) in [6.07, 6.45) is 1.80. The number of methoxy groups -OCH3 is 1. The number of ether oxygens (including phenoxy) is 1. The molecule has 8 nitrogen and oxygen atoms in total. The highest BCUT2D eigenvalue weighted by Gasteiger charge is 2.30. The third kappa shape index (κ3) is 10.1. The van der Waals surface area contributed by atoms with E-state index in [0.717, 1.165) is 17.4 Å². The van der Waals surface area contributed by atoms with Crippen molar-refractivity contribution in [3.05, 3.63) is 95.0 Å². The van der Waals surface area contributed by atoms with E-state index in [1.807, 2.05) is 56.3 Å². The predicted octanol–water partition coefficient (Wildman–Crippen LogP) is 5.31. The average molecular weight is 614 g/mol. The van der Waals surface area contributed by atoms with E-state index in [9.17, 15) is 18.0 Å². The van der Waals surface area contributed by atoms with Gasteiger partial charge in [0.1, 0.15) is 11.8 Å². The summed E-state index contributed by atoms with van der Waals surface area (Å²) >= 11 is 6.10. The van der Waals surface area contributed by atoms with Crippen molar-refractivity contribution >= 4 is 39.1 Å². The Balaban J connectivity index is 1.86. The highest BCUT2D eigenvalue weighted by atomic mass is 35.5. The van der Waals surface area contributed by atoms with Crippen molar-refractivity contribution in [2.75, 3.05) is 30.8 Å². The molecular formula is C32H40ClN3O5S. The van der Waals surface area contributed by atoms with Crippen LogP contribution in [-0.2, 0) is 32.6 Å². The van der Waals surface area contributed by atoms with Gasteiger partial charge in [-0.3, -0.25) is 13.9 Å². The molecule has 3 rings (SSSR count). The molecule has 0 bridgehead atoms. The fourth-order valence-corrected chi connectivity index (χ4v) is 5.61. The van der Waals surface area contributed by atoms with Crippen LogP contribution in [0.25, 0.3) is 0 Å². The van der Waals surface area contributed by atoms with Gasteiger partial charge in [-0.05, 0) is 59.9 Å². The second-order valence-corrected chi connectivity index (χ2v) is 13.0. The molecule has 0 radical (unpaired) electrons. The van der Waals surface area contributed by atoms with Crippen molar-refractivity contribution in [1.82, 2.24) is 10.2 Å². The third-order valence-electron chi connectivity index (χ3n) is 6.73. The molecule has 3 aromatic carbocycles. The van der Waals surface area contributed by atoms with Crippen molar-refractivity contribution < 1.29 is 22.7 Å². The Hall–Kier alpha value is -3.56. The maximum atomic E-state index is 13.9. The molecule has 1 unspecified atom stereocenters. The van der Waals surface area contributed by atoms with Crippen LogP contribution >= 0.6 is 11.6 Å². The summed E-state index contributed by atoms with van der Waals surface area (Å²) in [5, 5.41) is 3.58. The number of benzene rings is 3. The van der Waals surface area contributed by atoms with Gasteiger partial charge < -0.3 is 15.0 Å². The lowest BCUT2D eigenvalue weighted by Crippen LogP contribution is -2.51. The van der Waals surface area contributed by atoms with Crippen molar-refractivity contribution in [3.63, 3.8) is 0 Å². The summed E-state index contributed by atoms with van der Waals surface area (Å²) in [6, 6.07) is 22.7. The Kier molecular flexibility index (Phi) is 12.2. The van der Waals surface area contributed by atoms with E-state index < -0.39 is 16.1 Å². The zero-order valence-corrected chi connectivity index (χ0v) is 26.2. The lowest BCUT2D eigenvalue weighted by molar-refractivity contribution is -0.141. The van der Waals surface area contributed by atoms with Crippen molar-refractivity contribution in [2.45, 2.75) is 45.7 Å². The van der Waals surface area contributed by atoms with Gasteiger partial charge in [0.25, 0.3) is 0 Å². The average Bonchev–Trinajstić information content (AvgIpc) is 2.96. The molecule has 0 aliphatic carbocycles. The SMILES string of the molecule is COc1ccc(N(CCCC(=O)N(Cc2ccc(Cl)cc2)C(Cc2ccccc2)C(=O)NCC(C)C)S(C)(=O)=O)cc1. The number of nitrogens with one attached hydrogen (secondary N) is 1. The lowest BCUT2D eigenvalue weighted by atomic mass is 10.0. The first-order chi connectivity index (χ1) is 20.0. The molecule has 10 heteroatoms. The standard InChI is InChI=1S/C32H40ClN3O5S/c1-24(2)22-34-32(38)30(21-25-9-6-5-7-10-25)35(23-26-12-14-27(33)15-13-26)31(37)11-8-20-36(42(4,39)40)28-16-18-29(41-3)19-17-28/h5-7,9-10,12-19,24,30H,8,11,20-23H2,1-4H3,(H,34,38). The molecule has 0 aliphatic heterocycles. The van der Waals surface area contributed by atoms with Crippen LogP contribution in [-0.4, -0.2) is 57.6 Å². The summed E-state index contributed by atoms with van der Waals surface area (Å²) in [5.41, 5.74) is 2.25. The third-order valence-corrected chi connectivity index (χ3v) is 8.18. The largest absolute Gasteiger partial charge is 0.497 e. The minimum atomic E-state index is -3.60. The van der Waals surface area contributed by atoms with Gasteiger partial charge in [0, 0.05) is 37.5 Å². The maximum Gasteiger partial charge on any atom is 0.243 e. The molecule has 1 N–H and O–H groups in total. The van der Waals surface area contributed by atoms with E-state index in [1.54, 1.807) is 48.4 Å². The smallest absolute Gasteiger partial charge is 0.243 e. The minimum Gasteiger partial charge on any atom is -0.497 e. The number of carbonyl (C=O) groups excluding carboxylic acids is 2. The molecular weight excluding hydrogens is 574 g/mol. The van der Waals surface area contributed by atoms with E-state index >= 15 is 0 Å². The lowest BCUT2D eigenvalue weighted by Gasteiger charge is -2.32. The molecule has 3 aromatic rings. The van der Waals surface area contributed by atoms with E-state index in [4.69, 9.17) is 16.3 Å². The Morgan fingerprint density at radius 3 is 2.14 bits per heavy atom. The van der Waals surface area contributed by atoms with Crippen molar-refractivity contribution in [2.24, 2.45) is 5.92 Å². The number of hydrogen-bond acceptors (Lipinski definition) is 5. The van der Waals surface area contributed by atoms with Crippen LogP contribution in [0.1, 0.15) is 37.8 Å². The number of nitrogens with zero attached hydrogens (tertiary/aromatic N) is 2. The first-order valence-electron chi connectivity index (χ1n) is 13.9. The highest BCUT2D eigenvalue weighted by Crippen LogP contribution is 2.23. The molecule has 0 fully saturated rings. The zero-order valence-electron chi connectivity index (χ0n) is 24.6. The van der Waals surface area contributed by atoms with Gasteiger partial charge in [0.15, 0.2) is 0 Å². The van der Waals surface area contributed by atoms with Crippen molar-refractivity contribution in [1.29, 1.82) is 0 Å². The van der Waals surface area contributed by atoms with Gasteiger partial charge in [-0.15, -0.1) is 0 Å². The quantitative estimate of drug-likeness (QED) is 0.251. The first kappa shape index (κ1) is 32.9. The number of amides is 2. The molecule has 0 aromatic heterocycles. The van der Waals surface area contributed by atoms with E-state index in [-0.39, 0.29) is 43.7 Å². The second kappa shape index (κ2) is 15.6. The van der Waals surface area contributed by atoms with E-state index in [1.165, 1.54) is 4.31 Å². The summed E-state index contributed by atoms with van der Waals surface area (Å²) < 4.78 is 31.7. The number of carbonyl (C=O) groups is 2. The summed E-state index contributed by atoms with van der Waals surface area (Å²) in [7, 11) is -2.06. The topological polar surface area (TPSA) is 96.0 Å². The normalized spacial score (nSPS) is 12.0. The predicted molar refractivity (Wildman–Crippen MR) is 168 cm³/mol. The molecule has 0 saturated carbocycles. The van der Waals surface area contributed by atoms with E-state index in [2.05, 4.69) is 5.32 Å². The molecule has 2 amide bonds. The molecule has 1 atom stereocenters. The molecule has 42 heavy (non-hydrogen) atoms. The van der Waals surface area contributed by atoms with Gasteiger partial charge in [-0.1, -0.05) is 67.9 Å². The fraction of sp³-hybridized carbons (Fsp3) is 0.375. The fourth-order valence-electron chi connectivity index (χ4n) is 4.52. The van der Waals surface area contributed by atoms with Crippen LogP contribution in [0, 0.1) is 5.92 Å². The molecule has 0 heterocycles. The van der Waals surface area contributed by atoms with E-state index in [0.29, 0.717) is 29.4 Å². The summed E-state index contributed by atoms with van der Waals surface area (Å²) in [6.45, 7) is 4.82. The van der Waals surface area contributed by atoms with Gasteiger partial charge in [0.2, 0.25) is 21.8 Å². The van der Waals surface area contributed by atoms with Crippen molar-refractivity contribution in [3.8, 4) is 5.75 Å². The second-order valence-electron chi connectivity index (χ2n) is 10.6. The first-order valence-corrected chi connectivity index (χ1v) is 16.2. The molecule has 0 spiro atoms. The van der Waals surface area contributed by atoms with Gasteiger partial charge in [0.05, 0.1) is 19.1 Å². The number of rotatable bonds is 15. The molecule has 226 valence electrons. The number of sulfonamides is 1. The maximum absolute atomic E-state index is 13.9. The van der Waals surface area contributed by atoms with Crippen LogP contribution < -0.4 is 14.4 Å². The summed E-state index contributed by atoms with van der Waals surface area (Å²) in [5.74, 6) is 0.381. The number of hydrogen-bond donors (Lipinski definition) is 1. The Bertz CT molecular complexity index is 1400. The van der Waals surface area contributed by atoms with Gasteiger partial charge >= 0.3 is 0 Å². The highest BCUT2D eigenvalue weighted by molar-refractivity contribution is 7.92. The Morgan fingerprint density at radius 2 is 1.57 bits per heavy atom. The minimum absolute atomic E-state index is 0.0541. The Labute approximate surface area is 254 Å². The molecule has 0 aliphatic rings. The molecule has 0 saturated heterocycles. The van der Waals surface area contributed by atoms with Crippen LogP contribution in [0.3, 0.4) is 0 Å². The van der Waals surface area contributed by atoms with Crippen LogP contribution in [0.2, 0.25) is 5.02 Å². The van der Waals surface area contributed by atoms with Crippen LogP contribution in [0.15, 0.2) is 78.9 Å². The van der Waals surface area contributed by atoms with Crippen LogP contribution in [0.4, 0.5) is 5.69 Å². The zero-order chi connectivity index (χ0) is 30.7. The van der Waals surface area contributed by atoms with Gasteiger partial charge in [-0.25, -0.2) is 8.42 Å². The number of halogens is 1. The summed E-state index contributed by atoms with van der Waals surface area (Å²) in [4.78, 5) is 29.0. The number of anilines is 1. The van der Waals surface area contributed by atoms with Crippen LogP contribution in [0.5, 0.6) is 5.75 Å².